The highest BCUT2D eigenvalue weighted by Crippen LogP contribution is 2.44. The Morgan fingerprint density at radius 2 is 1.61 bits per heavy atom. The normalized spacial score (nSPS) is 22.0. The Kier molecular flexibility index (Phi) is 5.28. The molecule has 4 heteroatoms. The van der Waals surface area contributed by atoms with Crippen molar-refractivity contribution in [2.24, 2.45) is 0 Å². The molecule has 0 saturated carbocycles. The van der Waals surface area contributed by atoms with E-state index >= 15 is 0 Å². The molecule has 1 amide bonds. The first-order chi connectivity index (χ1) is 13.1. The predicted molar refractivity (Wildman–Crippen MR) is 114 cm³/mol. The van der Waals surface area contributed by atoms with Crippen LogP contribution in [0.25, 0.3) is 0 Å². The number of benzene rings is 2. The average Bonchev–Trinajstić information content (AvgIpc) is 2.81. The van der Waals surface area contributed by atoms with Crippen LogP contribution in [0.2, 0.25) is 0 Å². The quantitative estimate of drug-likeness (QED) is 0.776. The number of rotatable bonds is 5. The van der Waals surface area contributed by atoms with E-state index in [-0.39, 0.29) is 5.91 Å². The van der Waals surface area contributed by atoms with E-state index in [1.807, 2.05) is 30.9 Å². The highest BCUT2D eigenvalue weighted by Gasteiger charge is 2.57. The van der Waals surface area contributed by atoms with Gasteiger partial charge in [0.25, 0.3) is 0 Å². The maximum atomic E-state index is 13.4. The van der Waals surface area contributed by atoms with E-state index in [0.29, 0.717) is 6.54 Å². The topological polar surface area (TPSA) is 32.8 Å². The highest BCUT2D eigenvalue weighted by atomic mass is 16.5. The summed E-state index contributed by atoms with van der Waals surface area (Å²) in [7, 11) is 3.73. The van der Waals surface area contributed by atoms with Crippen LogP contribution in [0.15, 0.2) is 42.5 Å². The number of carbonyl (C=O) groups is 1. The van der Waals surface area contributed by atoms with E-state index in [1.165, 1.54) is 16.7 Å². The number of amides is 1. The Morgan fingerprint density at radius 1 is 0.964 bits per heavy atom. The molecule has 0 N–H and O–H groups in total. The summed E-state index contributed by atoms with van der Waals surface area (Å²) < 4.78 is 5.25. The van der Waals surface area contributed by atoms with Gasteiger partial charge >= 0.3 is 0 Å². The predicted octanol–water partition coefficient (Wildman–Crippen LogP) is 4.28. The number of methoxy groups -OCH3 is 1. The number of nitrogens with zero attached hydrogens (tertiary/aromatic N) is 2. The molecule has 2 aromatic carbocycles. The van der Waals surface area contributed by atoms with Crippen molar-refractivity contribution in [1.29, 1.82) is 0 Å². The molecule has 150 valence electrons. The van der Waals surface area contributed by atoms with E-state index in [2.05, 4.69) is 63.1 Å². The summed E-state index contributed by atoms with van der Waals surface area (Å²) in [6.07, 6.45) is 0.806. The molecule has 1 aliphatic rings. The van der Waals surface area contributed by atoms with Gasteiger partial charge in [0.1, 0.15) is 11.4 Å². The second-order valence-electron chi connectivity index (χ2n) is 8.49. The lowest BCUT2D eigenvalue weighted by molar-refractivity contribution is -0.134. The van der Waals surface area contributed by atoms with E-state index in [1.54, 1.807) is 7.11 Å². The molecule has 0 aliphatic carbocycles. The zero-order chi connectivity index (χ0) is 20.7. The second-order valence-corrected chi connectivity index (χ2v) is 8.49. The smallest absolute Gasteiger partial charge is 0.244 e. The van der Waals surface area contributed by atoms with E-state index in [9.17, 15) is 4.79 Å². The van der Waals surface area contributed by atoms with Crippen molar-refractivity contribution in [3.05, 3.63) is 64.7 Å². The van der Waals surface area contributed by atoms with Gasteiger partial charge in [0.15, 0.2) is 0 Å². The van der Waals surface area contributed by atoms with Crippen LogP contribution in [0.5, 0.6) is 5.75 Å². The van der Waals surface area contributed by atoms with Gasteiger partial charge in [0.2, 0.25) is 5.91 Å². The number of hydrogen-bond acceptors (Lipinski definition) is 3. The van der Waals surface area contributed by atoms with Crippen LogP contribution in [0, 0.1) is 13.8 Å². The lowest BCUT2D eigenvalue weighted by atomic mass is 9.94. The lowest BCUT2D eigenvalue weighted by Crippen LogP contribution is -2.50. The monoisotopic (exact) mass is 380 g/mol. The molecule has 1 heterocycles. The van der Waals surface area contributed by atoms with Gasteiger partial charge in [-0.3, -0.25) is 9.69 Å². The van der Waals surface area contributed by atoms with E-state index < -0.39 is 11.2 Å². The van der Waals surface area contributed by atoms with Crippen molar-refractivity contribution in [1.82, 2.24) is 9.80 Å². The first-order valence-electron chi connectivity index (χ1n) is 9.89. The zero-order valence-corrected chi connectivity index (χ0v) is 18.2. The van der Waals surface area contributed by atoms with Gasteiger partial charge in [-0.05, 0) is 82.5 Å². The van der Waals surface area contributed by atoms with Crippen molar-refractivity contribution < 1.29 is 9.53 Å². The number of carbonyl (C=O) groups excluding carboxylic acids is 1. The summed E-state index contributed by atoms with van der Waals surface area (Å²) in [5.41, 5.74) is 3.84. The molecule has 1 fully saturated rings. The zero-order valence-electron chi connectivity index (χ0n) is 18.2. The molecule has 2 aromatic rings. The molecular formula is C24H32N2O2. The Morgan fingerprint density at radius 3 is 2.18 bits per heavy atom. The van der Waals surface area contributed by atoms with Crippen LogP contribution >= 0.6 is 0 Å². The van der Waals surface area contributed by atoms with Gasteiger partial charge in [-0.1, -0.05) is 30.3 Å². The van der Waals surface area contributed by atoms with Crippen LogP contribution < -0.4 is 4.74 Å². The van der Waals surface area contributed by atoms with Gasteiger partial charge in [-0.15, -0.1) is 0 Å². The van der Waals surface area contributed by atoms with E-state index in [0.717, 1.165) is 17.7 Å². The highest BCUT2D eigenvalue weighted by molar-refractivity contribution is 5.89. The fourth-order valence-corrected chi connectivity index (χ4v) is 4.13. The Bertz CT molecular complexity index is 873. The van der Waals surface area contributed by atoms with Crippen molar-refractivity contribution in [2.75, 3.05) is 20.7 Å². The van der Waals surface area contributed by atoms with Gasteiger partial charge in [0.05, 0.1) is 12.6 Å². The maximum absolute atomic E-state index is 13.4. The molecule has 4 nitrogen and oxygen atoms in total. The van der Waals surface area contributed by atoms with Crippen molar-refractivity contribution in [3.8, 4) is 5.75 Å². The van der Waals surface area contributed by atoms with Crippen LogP contribution in [0.1, 0.15) is 43.0 Å². The molecule has 0 radical (unpaired) electrons. The SMILES string of the molecule is COc1ccc(CCN2C(=O)C(C)(C)N(C)C2(C)c2ccc(C)c(C)c2)cc1. The van der Waals surface area contributed by atoms with Gasteiger partial charge in [0, 0.05) is 6.54 Å². The van der Waals surface area contributed by atoms with Crippen LogP contribution in [0.4, 0.5) is 0 Å². The lowest BCUT2D eigenvalue weighted by Gasteiger charge is -2.41. The summed E-state index contributed by atoms with van der Waals surface area (Å²) in [6.45, 7) is 11.1. The minimum absolute atomic E-state index is 0.171. The first kappa shape index (κ1) is 20.4. The summed E-state index contributed by atoms with van der Waals surface area (Å²) in [4.78, 5) is 17.6. The molecule has 1 aliphatic heterocycles. The fraction of sp³-hybridized carbons (Fsp3) is 0.458. The minimum atomic E-state index is -0.548. The average molecular weight is 381 g/mol. The summed E-state index contributed by atoms with van der Waals surface area (Å²) >= 11 is 0. The van der Waals surface area contributed by atoms with Crippen molar-refractivity contribution in [2.45, 2.75) is 52.2 Å². The number of hydrogen-bond donors (Lipinski definition) is 0. The van der Waals surface area contributed by atoms with Crippen molar-refractivity contribution in [3.63, 3.8) is 0 Å². The third kappa shape index (κ3) is 3.20. The molecule has 1 unspecified atom stereocenters. The molecule has 0 bridgehead atoms. The first-order valence-corrected chi connectivity index (χ1v) is 9.89. The Labute approximate surface area is 169 Å². The Balaban J connectivity index is 1.95. The molecule has 1 atom stereocenters. The minimum Gasteiger partial charge on any atom is -0.497 e. The van der Waals surface area contributed by atoms with Crippen LogP contribution in [-0.2, 0) is 16.9 Å². The third-order valence-corrected chi connectivity index (χ3v) is 6.62. The molecule has 28 heavy (non-hydrogen) atoms. The Hall–Kier alpha value is -2.33. The number of likely N-dealkylation sites (N-methyl/N-ethyl adjacent to an activating group) is 1. The van der Waals surface area contributed by atoms with Crippen LogP contribution in [-0.4, -0.2) is 41.9 Å². The van der Waals surface area contributed by atoms with Gasteiger partial charge in [-0.25, -0.2) is 0 Å². The van der Waals surface area contributed by atoms with Gasteiger partial charge < -0.3 is 9.64 Å². The third-order valence-electron chi connectivity index (χ3n) is 6.62. The maximum Gasteiger partial charge on any atom is 0.244 e. The standard InChI is InChI=1S/C24H32N2O2/c1-17-8-11-20(16-18(17)2)24(5)25(6)23(3,4)22(27)26(24)15-14-19-9-12-21(28-7)13-10-19/h8-13,16H,14-15H2,1-7H3. The van der Waals surface area contributed by atoms with E-state index in [4.69, 9.17) is 4.74 Å². The van der Waals surface area contributed by atoms with Gasteiger partial charge in [-0.2, -0.15) is 0 Å². The largest absolute Gasteiger partial charge is 0.497 e. The molecule has 0 aromatic heterocycles. The van der Waals surface area contributed by atoms with Crippen LogP contribution in [0.3, 0.4) is 0 Å². The number of ether oxygens (including phenoxy) is 1. The molecule has 3 rings (SSSR count). The second kappa shape index (κ2) is 7.25. The fourth-order valence-electron chi connectivity index (χ4n) is 4.13. The summed E-state index contributed by atoms with van der Waals surface area (Å²) in [5.74, 6) is 1.02. The number of aryl methyl sites for hydroxylation is 2. The molecular weight excluding hydrogens is 348 g/mol. The van der Waals surface area contributed by atoms with Crippen molar-refractivity contribution >= 4 is 5.91 Å². The molecule has 0 spiro atoms. The summed E-state index contributed by atoms with van der Waals surface area (Å²) in [5, 5.41) is 0. The molecule has 1 saturated heterocycles. The summed E-state index contributed by atoms with van der Waals surface area (Å²) in [6, 6.07) is 14.6.